The van der Waals surface area contributed by atoms with E-state index >= 15 is 0 Å². The van der Waals surface area contributed by atoms with E-state index in [9.17, 15) is 9.90 Å². The predicted octanol–water partition coefficient (Wildman–Crippen LogP) is 3.70. The standard InChI is InChI=1S/C17H18N2O2/c20-17(21)14-7-4-8-15-13(14)9-10-16(19-15)18-11-12-5-2-1-3-6-12/h1-2,4,7-10,12H,3,5-6,11H2,(H,18,19)(H,20,21). The first-order valence-electron chi connectivity index (χ1n) is 7.26. The molecule has 1 aromatic carbocycles. The van der Waals surface area contributed by atoms with Crippen LogP contribution >= 0.6 is 0 Å². The van der Waals surface area contributed by atoms with E-state index in [0.29, 0.717) is 22.4 Å². The van der Waals surface area contributed by atoms with Gasteiger partial charge >= 0.3 is 5.97 Å². The first-order chi connectivity index (χ1) is 10.2. The number of hydrogen-bond donors (Lipinski definition) is 2. The Kier molecular flexibility index (Phi) is 3.86. The molecule has 21 heavy (non-hydrogen) atoms. The number of benzene rings is 1. The quantitative estimate of drug-likeness (QED) is 0.839. The molecule has 4 heteroatoms. The third-order valence-electron chi connectivity index (χ3n) is 3.91. The lowest BCUT2D eigenvalue weighted by atomic mass is 9.94. The molecule has 0 bridgehead atoms. The van der Waals surface area contributed by atoms with E-state index in [1.807, 2.05) is 18.2 Å². The third kappa shape index (κ3) is 3.05. The predicted molar refractivity (Wildman–Crippen MR) is 83.7 cm³/mol. The zero-order valence-corrected chi connectivity index (χ0v) is 11.7. The van der Waals surface area contributed by atoms with Crippen LogP contribution in [0.5, 0.6) is 0 Å². The molecule has 1 heterocycles. The molecular formula is C17H18N2O2. The Morgan fingerprint density at radius 2 is 2.19 bits per heavy atom. The van der Waals surface area contributed by atoms with Crippen LogP contribution in [0.25, 0.3) is 10.9 Å². The van der Waals surface area contributed by atoms with Crippen molar-refractivity contribution in [2.24, 2.45) is 5.92 Å². The van der Waals surface area contributed by atoms with E-state index in [4.69, 9.17) is 0 Å². The normalized spacial score (nSPS) is 17.8. The molecule has 0 fully saturated rings. The van der Waals surface area contributed by atoms with Crippen molar-refractivity contribution in [2.45, 2.75) is 19.3 Å². The van der Waals surface area contributed by atoms with Crippen LogP contribution in [-0.2, 0) is 0 Å². The number of fused-ring (bicyclic) bond motifs is 1. The highest BCUT2D eigenvalue weighted by atomic mass is 16.4. The van der Waals surface area contributed by atoms with Gasteiger partial charge in [-0.2, -0.15) is 0 Å². The van der Waals surface area contributed by atoms with Crippen LogP contribution in [0.15, 0.2) is 42.5 Å². The molecule has 108 valence electrons. The molecule has 1 unspecified atom stereocenters. The van der Waals surface area contributed by atoms with Crippen LogP contribution in [0, 0.1) is 5.92 Å². The SMILES string of the molecule is O=C(O)c1cccc2nc(NCC3CC=CCC3)ccc12. The molecule has 1 atom stereocenters. The summed E-state index contributed by atoms with van der Waals surface area (Å²) >= 11 is 0. The van der Waals surface area contributed by atoms with Crippen LogP contribution in [0.3, 0.4) is 0 Å². The Labute approximate surface area is 123 Å². The summed E-state index contributed by atoms with van der Waals surface area (Å²) in [6.07, 6.45) is 7.95. The number of carbonyl (C=O) groups is 1. The molecule has 3 rings (SSSR count). The summed E-state index contributed by atoms with van der Waals surface area (Å²) in [4.78, 5) is 15.7. The zero-order valence-electron chi connectivity index (χ0n) is 11.7. The van der Waals surface area contributed by atoms with Gasteiger partial charge in [0.15, 0.2) is 0 Å². The lowest BCUT2D eigenvalue weighted by Crippen LogP contribution is -2.16. The van der Waals surface area contributed by atoms with Crippen LogP contribution in [0.4, 0.5) is 5.82 Å². The number of pyridine rings is 1. The Bertz CT molecular complexity index is 694. The minimum atomic E-state index is -0.919. The highest BCUT2D eigenvalue weighted by Gasteiger charge is 2.11. The molecule has 0 spiro atoms. The second-order valence-electron chi connectivity index (χ2n) is 5.41. The Balaban J connectivity index is 1.78. The number of carboxylic acid groups (broad SMARTS) is 1. The van der Waals surface area contributed by atoms with Crippen LogP contribution in [0.2, 0.25) is 0 Å². The largest absolute Gasteiger partial charge is 0.478 e. The summed E-state index contributed by atoms with van der Waals surface area (Å²) < 4.78 is 0. The molecular weight excluding hydrogens is 264 g/mol. The smallest absolute Gasteiger partial charge is 0.336 e. The Morgan fingerprint density at radius 3 is 2.95 bits per heavy atom. The Morgan fingerprint density at radius 1 is 1.29 bits per heavy atom. The number of aromatic carboxylic acids is 1. The maximum Gasteiger partial charge on any atom is 0.336 e. The van der Waals surface area contributed by atoms with Crippen molar-refractivity contribution in [3.63, 3.8) is 0 Å². The van der Waals surface area contributed by atoms with Crippen LogP contribution < -0.4 is 5.32 Å². The number of carboxylic acids is 1. The summed E-state index contributed by atoms with van der Waals surface area (Å²) in [6, 6.07) is 8.86. The maximum atomic E-state index is 11.2. The van der Waals surface area contributed by atoms with Crippen LogP contribution in [-0.4, -0.2) is 22.6 Å². The van der Waals surface area contributed by atoms with Gasteiger partial charge in [-0.15, -0.1) is 0 Å². The third-order valence-corrected chi connectivity index (χ3v) is 3.91. The van der Waals surface area contributed by atoms with E-state index in [-0.39, 0.29) is 0 Å². The fraction of sp³-hybridized carbons (Fsp3) is 0.294. The Hall–Kier alpha value is -2.36. The maximum absolute atomic E-state index is 11.2. The minimum absolute atomic E-state index is 0.295. The van der Waals surface area contributed by atoms with Crippen molar-refractivity contribution < 1.29 is 9.90 Å². The monoisotopic (exact) mass is 282 g/mol. The lowest BCUT2D eigenvalue weighted by molar-refractivity contribution is 0.0699. The van der Waals surface area contributed by atoms with Crippen molar-refractivity contribution in [2.75, 3.05) is 11.9 Å². The number of hydrogen-bond acceptors (Lipinski definition) is 3. The van der Waals surface area contributed by atoms with Gasteiger partial charge in [-0.1, -0.05) is 18.2 Å². The molecule has 0 radical (unpaired) electrons. The van der Waals surface area contributed by atoms with Gasteiger partial charge < -0.3 is 10.4 Å². The summed E-state index contributed by atoms with van der Waals surface area (Å²) in [6.45, 7) is 0.904. The summed E-state index contributed by atoms with van der Waals surface area (Å²) in [7, 11) is 0. The minimum Gasteiger partial charge on any atom is -0.478 e. The van der Waals surface area contributed by atoms with Gasteiger partial charge in [0.2, 0.25) is 0 Å². The first-order valence-corrected chi connectivity index (χ1v) is 7.26. The van der Waals surface area contributed by atoms with Gasteiger partial charge in [0.1, 0.15) is 5.82 Å². The number of rotatable bonds is 4. The van der Waals surface area contributed by atoms with E-state index in [0.717, 1.165) is 25.2 Å². The van der Waals surface area contributed by atoms with Crippen molar-refractivity contribution >= 4 is 22.7 Å². The van der Waals surface area contributed by atoms with Crippen molar-refractivity contribution in [1.82, 2.24) is 4.98 Å². The fourth-order valence-corrected chi connectivity index (χ4v) is 2.73. The van der Waals surface area contributed by atoms with Crippen molar-refractivity contribution in [3.05, 3.63) is 48.0 Å². The van der Waals surface area contributed by atoms with E-state index in [1.54, 1.807) is 12.1 Å². The van der Waals surface area contributed by atoms with Crippen LogP contribution in [0.1, 0.15) is 29.6 Å². The fourth-order valence-electron chi connectivity index (χ4n) is 2.73. The number of anilines is 1. The van der Waals surface area contributed by atoms with E-state index in [2.05, 4.69) is 22.5 Å². The topological polar surface area (TPSA) is 62.2 Å². The molecule has 0 amide bonds. The summed E-state index contributed by atoms with van der Waals surface area (Å²) in [5, 5.41) is 13.2. The lowest BCUT2D eigenvalue weighted by Gasteiger charge is -2.18. The number of nitrogens with zero attached hydrogens (tertiary/aromatic N) is 1. The molecule has 4 nitrogen and oxygen atoms in total. The van der Waals surface area contributed by atoms with E-state index in [1.165, 1.54) is 6.42 Å². The number of allylic oxidation sites excluding steroid dienone is 2. The van der Waals surface area contributed by atoms with Gasteiger partial charge in [-0.05, 0) is 49.4 Å². The van der Waals surface area contributed by atoms with Gasteiger partial charge in [-0.3, -0.25) is 0 Å². The molecule has 0 saturated heterocycles. The molecule has 0 saturated carbocycles. The number of aromatic nitrogens is 1. The zero-order chi connectivity index (χ0) is 14.7. The second-order valence-corrected chi connectivity index (χ2v) is 5.41. The molecule has 1 aromatic heterocycles. The second kappa shape index (κ2) is 5.95. The van der Waals surface area contributed by atoms with E-state index < -0.39 is 5.97 Å². The highest BCUT2D eigenvalue weighted by Crippen LogP contribution is 2.21. The molecule has 1 aliphatic carbocycles. The van der Waals surface area contributed by atoms with Gasteiger partial charge in [0, 0.05) is 11.9 Å². The number of nitrogens with one attached hydrogen (secondary N) is 1. The molecule has 2 aromatic rings. The molecule has 2 N–H and O–H groups in total. The van der Waals surface area contributed by atoms with Crippen molar-refractivity contribution in [3.8, 4) is 0 Å². The molecule has 0 aliphatic heterocycles. The van der Waals surface area contributed by atoms with Gasteiger partial charge in [0.05, 0.1) is 11.1 Å². The average molecular weight is 282 g/mol. The molecule has 1 aliphatic rings. The summed E-state index contributed by atoms with van der Waals surface area (Å²) in [5.74, 6) is 0.537. The van der Waals surface area contributed by atoms with Gasteiger partial charge in [0.25, 0.3) is 0 Å². The average Bonchev–Trinajstić information content (AvgIpc) is 2.53. The van der Waals surface area contributed by atoms with Gasteiger partial charge in [-0.25, -0.2) is 9.78 Å². The summed E-state index contributed by atoms with van der Waals surface area (Å²) in [5.41, 5.74) is 1.01. The highest BCUT2D eigenvalue weighted by molar-refractivity contribution is 6.02. The van der Waals surface area contributed by atoms with Crippen molar-refractivity contribution in [1.29, 1.82) is 0 Å². The first kappa shape index (κ1) is 13.6.